The van der Waals surface area contributed by atoms with Crippen molar-refractivity contribution < 1.29 is 0 Å². The molecule has 0 atom stereocenters. The monoisotopic (exact) mass is 294 g/mol. The summed E-state index contributed by atoms with van der Waals surface area (Å²) in [6, 6.07) is 15.9. The Balaban J connectivity index is 1.80. The van der Waals surface area contributed by atoms with Crippen LogP contribution in [0.15, 0.2) is 61.1 Å². The van der Waals surface area contributed by atoms with Gasteiger partial charge in [-0.15, -0.1) is 0 Å². The van der Waals surface area contributed by atoms with Crippen LogP contribution in [0.1, 0.15) is 0 Å². The zero-order valence-corrected chi connectivity index (χ0v) is 12.3. The molecule has 3 rings (SSSR count). The fourth-order valence-electron chi connectivity index (χ4n) is 2.04. The highest BCUT2D eigenvalue weighted by Gasteiger charge is 2.07. The number of para-hydroxylation sites is 1. The Morgan fingerprint density at radius 1 is 1.14 bits per heavy atom. The summed E-state index contributed by atoms with van der Waals surface area (Å²) < 4.78 is 0. The van der Waals surface area contributed by atoms with Gasteiger partial charge >= 0.3 is 0 Å². The lowest BCUT2D eigenvalue weighted by molar-refractivity contribution is 1.22. The molecular weight excluding hydrogens is 280 g/mol. The minimum Gasteiger partial charge on any atom is -0.332 e. The largest absolute Gasteiger partial charge is 0.332 e. The van der Waals surface area contributed by atoms with Crippen molar-refractivity contribution in [2.75, 3.05) is 17.3 Å². The van der Waals surface area contributed by atoms with E-state index in [2.05, 4.69) is 15.3 Å². The van der Waals surface area contributed by atoms with E-state index >= 15 is 0 Å². The molecule has 3 aromatic rings. The SMILES string of the molecule is CN(C(=S)Nc1ccc2ncncc2c1)c1ccccc1. The summed E-state index contributed by atoms with van der Waals surface area (Å²) in [5.41, 5.74) is 2.88. The standard InChI is InChI=1S/C16H14N4S/c1-20(14-5-3-2-4-6-14)16(21)19-13-7-8-15-12(9-13)10-17-11-18-15/h2-11H,1H3,(H,19,21). The molecule has 5 heteroatoms. The van der Waals surface area contributed by atoms with Crippen LogP contribution >= 0.6 is 12.2 Å². The van der Waals surface area contributed by atoms with E-state index in [4.69, 9.17) is 12.2 Å². The van der Waals surface area contributed by atoms with E-state index in [1.807, 2.05) is 60.5 Å². The highest BCUT2D eigenvalue weighted by atomic mass is 32.1. The molecule has 0 bridgehead atoms. The van der Waals surface area contributed by atoms with Gasteiger partial charge in [0, 0.05) is 30.0 Å². The minimum atomic E-state index is 0.636. The highest BCUT2D eigenvalue weighted by Crippen LogP contribution is 2.18. The molecular formula is C16H14N4S. The van der Waals surface area contributed by atoms with E-state index in [9.17, 15) is 0 Å². The van der Waals surface area contributed by atoms with E-state index < -0.39 is 0 Å². The highest BCUT2D eigenvalue weighted by molar-refractivity contribution is 7.80. The molecule has 1 heterocycles. The van der Waals surface area contributed by atoms with E-state index in [-0.39, 0.29) is 0 Å². The summed E-state index contributed by atoms with van der Waals surface area (Å²) in [4.78, 5) is 10.2. The van der Waals surface area contributed by atoms with E-state index in [1.54, 1.807) is 12.5 Å². The summed E-state index contributed by atoms with van der Waals surface area (Å²) in [6.07, 6.45) is 3.33. The Hall–Kier alpha value is -2.53. The average Bonchev–Trinajstić information content (AvgIpc) is 2.55. The van der Waals surface area contributed by atoms with Crippen LogP contribution in [-0.2, 0) is 0 Å². The lowest BCUT2D eigenvalue weighted by Crippen LogP contribution is -2.30. The third kappa shape index (κ3) is 2.98. The second-order valence-corrected chi connectivity index (χ2v) is 5.01. The molecule has 0 amide bonds. The Bertz CT molecular complexity index is 773. The fraction of sp³-hybridized carbons (Fsp3) is 0.0625. The van der Waals surface area contributed by atoms with Crippen LogP contribution in [0.4, 0.5) is 11.4 Å². The lowest BCUT2D eigenvalue weighted by atomic mass is 10.2. The third-order valence-electron chi connectivity index (χ3n) is 3.20. The zero-order chi connectivity index (χ0) is 14.7. The van der Waals surface area contributed by atoms with Crippen molar-refractivity contribution in [2.45, 2.75) is 0 Å². The van der Waals surface area contributed by atoms with Crippen molar-refractivity contribution >= 4 is 39.6 Å². The van der Waals surface area contributed by atoms with Crippen molar-refractivity contribution in [3.8, 4) is 0 Å². The minimum absolute atomic E-state index is 0.636. The van der Waals surface area contributed by atoms with Gasteiger partial charge in [0.05, 0.1) is 5.52 Å². The van der Waals surface area contributed by atoms with Crippen LogP contribution in [0.25, 0.3) is 10.9 Å². The van der Waals surface area contributed by atoms with Gasteiger partial charge in [-0.25, -0.2) is 9.97 Å². The summed E-state index contributed by atoms with van der Waals surface area (Å²) in [6.45, 7) is 0. The Kier molecular flexibility index (Phi) is 3.75. The van der Waals surface area contributed by atoms with Crippen LogP contribution in [0.2, 0.25) is 0 Å². The van der Waals surface area contributed by atoms with Gasteiger partial charge < -0.3 is 10.2 Å². The molecule has 21 heavy (non-hydrogen) atoms. The molecule has 104 valence electrons. The maximum Gasteiger partial charge on any atom is 0.177 e. The first kappa shape index (κ1) is 13.5. The molecule has 4 nitrogen and oxygen atoms in total. The number of hydrogen-bond acceptors (Lipinski definition) is 3. The quantitative estimate of drug-likeness (QED) is 0.733. The normalized spacial score (nSPS) is 10.3. The summed E-state index contributed by atoms with van der Waals surface area (Å²) in [7, 11) is 1.94. The number of nitrogens with one attached hydrogen (secondary N) is 1. The van der Waals surface area contributed by atoms with Crippen molar-refractivity contribution in [1.82, 2.24) is 9.97 Å². The average molecular weight is 294 g/mol. The lowest BCUT2D eigenvalue weighted by Gasteiger charge is -2.21. The van der Waals surface area contributed by atoms with Crippen molar-refractivity contribution in [3.05, 3.63) is 61.1 Å². The maximum absolute atomic E-state index is 5.45. The number of fused-ring (bicyclic) bond motifs is 1. The number of hydrogen-bond donors (Lipinski definition) is 1. The molecule has 0 saturated heterocycles. The van der Waals surface area contributed by atoms with Crippen LogP contribution in [0.3, 0.4) is 0 Å². The second kappa shape index (κ2) is 5.85. The molecule has 0 unspecified atom stereocenters. The second-order valence-electron chi connectivity index (χ2n) is 4.62. The molecule has 0 saturated carbocycles. The van der Waals surface area contributed by atoms with Crippen LogP contribution in [0, 0.1) is 0 Å². The predicted octanol–water partition coefficient (Wildman–Crippen LogP) is 3.46. The Labute approximate surface area is 128 Å². The summed E-state index contributed by atoms with van der Waals surface area (Å²) in [5.74, 6) is 0. The molecule has 0 spiro atoms. The van der Waals surface area contributed by atoms with Gasteiger partial charge in [0.15, 0.2) is 5.11 Å². The van der Waals surface area contributed by atoms with Gasteiger partial charge in [0.2, 0.25) is 0 Å². The fourth-order valence-corrected chi connectivity index (χ4v) is 2.26. The molecule has 0 radical (unpaired) electrons. The van der Waals surface area contributed by atoms with Gasteiger partial charge in [-0.3, -0.25) is 0 Å². The topological polar surface area (TPSA) is 41.0 Å². The van der Waals surface area contributed by atoms with Gasteiger partial charge in [0.1, 0.15) is 6.33 Å². The smallest absolute Gasteiger partial charge is 0.177 e. The summed E-state index contributed by atoms with van der Waals surface area (Å²) >= 11 is 5.45. The molecule has 0 aliphatic carbocycles. The number of aromatic nitrogens is 2. The first-order chi connectivity index (χ1) is 10.2. The summed E-state index contributed by atoms with van der Waals surface area (Å²) in [5, 5.41) is 4.85. The van der Waals surface area contributed by atoms with Gasteiger partial charge in [-0.2, -0.15) is 0 Å². The van der Waals surface area contributed by atoms with Crippen LogP contribution in [-0.4, -0.2) is 22.1 Å². The van der Waals surface area contributed by atoms with E-state index in [0.29, 0.717) is 5.11 Å². The first-order valence-corrected chi connectivity index (χ1v) is 6.94. The van der Waals surface area contributed by atoms with Crippen molar-refractivity contribution in [2.24, 2.45) is 0 Å². The van der Waals surface area contributed by atoms with Gasteiger partial charge in [-0.1, -0.05) is 18.2 Å². The third-order valence-corrected chi connectivity index (χ3v) is 3.58. The van der Waals surface area contributed by atoms with Crippen molar-refractivity contribution in [3.63, 3.8) is 0 Å². The molecule has 0 aliphatic heterocycles. The Morgan fingerprint density at radius 3 is 2.76 bits per heavy atom. The van der Waals surface area contributed by atoms with E-state index in [1.165, 1.54) is 0 Å². The Morgan fingerprint density at radius 2 is 1.95 bits per heavy atom. The van der Waals surface area contributed by atoms with E-state index in [0.717, 1.165) is 22.3 Å². The number of benzene rings is 2. The van der Waals surface area contributed by atoms with Gasteiger partial charge in [0.25, 0.3) is 0 Å². The molecule has 0 aliphatic rings. The van der Waals surface area contributed by atoms with Crippen LogP contribution in [0.5, 0.6) is 0 Å². The predicted molar refractivity (Wildman–Crippen MR) is 90.6 cm³/mol. The molecule has 1 N–H and O–H groups in total. The zero-order valence-electron chi connectivity index (χ0n) is 11.5. The van der Waals surface area contributed by atoms with Crippen LogP contribution < -0.4 is 10.2 Å². The van der Waals surface area contributed by atoms with Gasteiger partial charge in [-0.05, 0) is 42.5 Å². The number of rotatable bonds is 2. The molecule has 1 aromatic heterocycles. The number of nitrogens with zero attached hydrogens (tertiary/aromatic N) is 3. The maximum atomic E-state index is 5.45. The number of thiocarbonyl (C=S) groups is 1. The number of anilines is 2. The first-order valence-electron chi connectivity index (χ1n) is 6.53. The van der Waals surface area contributed by atoms with Crippen molar-refractivity contribution in [1.29, 1.82) is 0 Å². The molecule has 0 fully saturated rings. The molecule has 2 aromatic carbocycles.